The average Bonchev–Trinajstić information content (AvgIpc) is 2.34. The molecule has 6 nitrogen and oxygen atoms in total. The molecule has 0 aliphatic carbocycles. The van der Waals surface area contributed by atoms with E-state index in [0.29, 0.717) is 19.8 Å². The molecule has 2 amide bonds. The fourth-order valence-corrected chi connectivity index (χ4v) is 1.25. The number of amides is 2. The summed E-state index contributed by atoms with van der Waals surface area (Å²) < 4.78 is 10.3. The molecule has 0 spiro atoms. The van der Waals surface area contributed by atoms with E-state index in [0.717, 1.165) is 6.42 Å². The highest BCUT2D eigenvalue weighted by atomic mass is 16.6. The lowest BCUT2D eigenvalue weighted by atomic mass is 10.3. The second-order valence-corrected chi connectivity index (χ2v) is 3.50. The summed E-state index contributed by atoms with van der Waals surface area (Å²) in [7, 11) is 0. The summed E-state index contributed by atoms with van der Waals surface area (Å²) in [5.74, 6) is -0.488. The Morgan fingerprint density at radius 3 is 2.75 bits per heavy atom. The zero-order valence-corrected chi connectivity index (χ0v) is 9.45. The number of rotatable bonds is 5. The van der Waals surface area contributed by atoms with Crippen LogP contribution in [0.1, 0.15) is 13.3 Å². The predicted octanol–water partition coefficient (Wildman–Crippen LogP) is -0.956. The third-order valence-electron chi connectivity index (χ3n) is 2.10. The van der Waals surface area contributed by atoms with Gasteiger partial charge in [-0.1, -0.05) is 6.92 Å². The highest BCUT2D eigenvalue weighted by molar-refractivity contribution is 5.86. The van der Waals surface area contributed by atoms with E-state index in [9.17, 15) is 9.59 Å². The molecule has 16 heavy (non-hydrogen) atoms. The highest BCUT2D eigenvalue weighted by Gasteiger charge is 2.22. The molecule has 0 aromatic carbocycles. The molecule has 1 saturated heterocycles. The molecule has 0 bridgehead atoms. The van der Waals surface area contributed by atoms with Crippen molar-refractivity contribution in [3.05, 3.63) is 0 Å². The van der Waals surface area contributed by atoms with Crippen LogP contribution in [0.15, 0.2) is 0 Å². The average molecular weight is 230 g/mol. The van der Waals surface area contributed by atoms with E-state index in [-0.39, 0.29) is 25.0 Å². The first-order valence-electron chi connectivity index (χ1n) is 5.47. The van der Waals surface area contributed by atoms with E-state index in [2.05, 4.69) is 10.6 Å². The van der Waals surface area contributed by atoms with Crippen molar-refractivity contribution >= 4 is 11.8 Å². The van der Waals surface area contributed by atoms with Crippen LogP contribution in [0.3, 0.4) is 0 Å². The van der Waals surface area contributed by atoms with Crippen LogP contribution >= 0.6 is 0 Å². The van der Waals surface area contributed by atoms with E-state index >= 15 is 0 Å². The van der Waals surface area contributed by atoms with E-state index in [1.807, 2.05) is 6.92 Å². The lowest BCUT2D eigenvalue weighted by Gasteiger charge is -2.21. The number of nitrogens with one attached hydrogen (secondary N) is 2. The zero-order valence-electron chi connectivity index (χ0n) is 9.45. The fraction of sp³-hybridized carbons (Fsp3) is 0.800. The van der Waals surface area contributed by atoms with Gasteiger partial charge in [-0.25, -0.2) is 0 Å². The first kappa shape index (κ1) is 12.9. The summed E-state index contributed by atoms with van der Waals surface area (Å²) in [6, 6.07) is 0. The summed E-state index contributed by atoms with van der Waals surface area (Å²) >= 11 is 0. The Morgan fingerprint density at radius 1 is 1.31 bits per heavy atom. The van der Waals surface area contributed by atoms with Gasteiger partial charge in [0.15, 0.2) is 6.10 Å². The van der Waals surface area contributed by atoms with Crippen molar-refractivity contribution in [1.29, 1.82) is 0 Å². The molecular weight excluding hydrogens is 212 g/mol. The Bertz CT molecular complexity index is 239. The first-order valence-corrected chi connectivity index (χ1v) is 5.47. The van der Waals surface area contributed by atoms with Gasteiger partial charge in [0, 0.05) is 6.54 Å². The predicted molar refractivity (Wildman–Crippen MR) is 56.9 cm³/mol. The molecule has 2 N–H and O–H groups in total. The zero-order chi connectivity index (χ0) is 11.8. The van der Waals surface area contributed by atoms with Crippen molar-refractivity contribution in [3.8, 4) is 0 Å². The second-order valence-electron chi connectivity index (χ2n) is 3.50. The monoisotopic (exact) mass is 230 g/mol. The van der Waals surface area contributed by atoms with Crippen LogP contribution in [-0.2, 0) is 19.1 Å². The molecule has 0 aromatic rings. The summed E-state index contributed by atoms with van der Waals surface area (Å²) in [6.45, 7) is 3.76. The van der Waals surface area contributed by atoms with Gasteiger partial charge in [-0.05, 0) is 6.42 Å². The molecule has 0 radical (unpaired) electrons. The SMILES string of the molecule is CCCNC(=O)CNC(=O)C1COCCO1. The van der Waals surface area contributed by atoms with Crippen LogP contribution in [0, 0.1) is 0 Å². The largest absolute Gasteiger partial charge is 0.376 e. The summed E-state index contributed by atoms with van der Waals surface area (Å²) in [5.41, 5.74) is 0. The third-order valence-corrected chi connectivity index (χ3v) is 2.10. The summed E-state index contributed by atoms with van der Waals surface area (Å²) in [6.07, 6.45) is 0.284. The normalized spacial score (nSPS) is 20.2. The van der Waals surface area contributed by atoms with Crippen molar-refractivity contribution in [1.82, 2.24) is 10.6 Å². The molecule has 1 unspecified atom stereocenters. The van der Waals surface area contributed by atoms with Crippen LogP contribution in [0.2, 0.25) is 0 Å². The molecule has 6 heteroatoms. The van der Waals surface area contributed by atoms with Crippen LogP contribution < -0.4 is 10.6 Å². The highest BCUT2D eigenvalue weighted by Crippen LogP contribution is 1.99. The van der Waals surface area contributed by atoms with Gasteiger partial charge in [0.05, 0.1) is 26.4 Å². The maximum absolute atomic E-state index is 11.5. The maximum Gasteiger partial charge on any atom is 0.251 e. The smallest absolute Gasteiger partial charge is 0.251 e. The molecule has 1 fully saturated rings. The van der Waals surface area contributed by atoms with Gasteiger partial charge in [-0.15, -0.1) is 0 Å². The minimum atomic E-state index is -0.590. The first-order chi connectivity index (χ1) is 7.74. The van der Waals surface area contributed by atoms with Gasteiger partial charge in [0.1, 0.15) is 0 Å². The Labute approximate surface area is 94.7 Å². The number of hydrogen-bond donors (Lipinski definition) is 2. The standard InChI is InChI=1S/C10H18N2O4/c1-2-3-11-9(13)6-12-10(14)8-7-15-4-5-16-8/h8H,2-7H2,1H3,(H,11,13)(H,12,14). The minimum Gasteiger partial charge on any atom is -0.376 e. The van der Waals surface area contributed by atoms with Gasteiger partial charge in [-0.3, -0.25) is 9.59 Å². The van der Waals surface area contributed by atoms with Crippen LogP contribution in [-0.4, -0.2) is 50.8 Å². The van der Waals surface area contributed by atoms with Gasteiger partial charge >= 0.3 is 0 Å². The summed E-state index contributed by atoms with van der Waals surface area (Å²) in [4.78, 5) is 22.7. The Hall–Kier alpha value is -1.14. The third kappa shape index (κ3) is 4.59. The molecular formula is C10H18N2O4. The second kappa shape index (κ2) is 7.19. The lowest BCUT2D eigenvalue weighted by molar-refractivity contribution is -0.148. The summed E-state index contributed by atoms with van der Waals surface area (Å²) in [5, 5.41) is 5.17. The molecule has 92 valence electrons. The lowest BCUT2D eigenvalue weighted by Crippen LogP contribution is -2.46. The van der Waals surface area contributed by atoms with Crippen molar-refractivity contribution in [2.24, 2.45) is 0 Å². The van der Waals surface area contributed by atoms with Gasteiger partial charge in [-0.2, -0.15) is 0 Å². The van der Waals surface area contributed by atoms with E-state index in [1.54, 1.807) is 0 Å². The maximum atomic E-state index is 11.5. The van der Waals surface area contributed by atoms with Crippen molar-refractivity contribution in [3.63, 3.8) is 0 Å². The number of ether oxygens (including phenoxy) is 2. The molecule has 1 atom stereocenters. The van der Waals surface area contributed by atoms with E-state index in [1.165, 1.54) is 0 Å². The van der Waals surface area contributed by atoms with Crippen molar-refractivity contribution in [2.75, 3.05) is 32.9 Å². The van der Waals surface area contributed by atoms with E-state index < -0.39 is 6.10 Å². The van der Waals surface area contributed by atoms with Gasteiger partial charge in [0.25, 0.3) is 5.91 Å². The number of carbonyl (C=O) groups excluding carboxylic acids is 2. The molecule has 1 rings (SSSR count). The van der Waals surface area contributed by atoms with Crippen LogP contribution in [0.25, 0.3) is 0 Å². The Kier molecular flexibility index (Phi) is 5.81. The van der Waals surface area contributed by atoms with Crippen LogP contribution in [0.5, 0.6) is 0 Å². The van der Waals surface area contributed by atoms with Gasteiger partial charge < -0.3 is 20.1 Å². The van der Waals surface area contributed by atoms with E-state index in [4.69, 9.17) is 9.47 Å². The fourth-order valence-electron chi connectivity index (χ4n) is 1.25. The number of carbonyl (C=O) groups is 2. The van der Waals surface area contributed by atoms with Crippen molar-refractivity contribution < 1.29 is 19.1 Å². The van der Waals surface area contributed by atoms with Crippen molar-refractivity contribution in [2.45, 2.75) is 19.4 Å². The Morgan fingerprint density at radius 2 is 2.12 bits per heavy atom. The van der Waals surface area contributed by atoms with Crippen LogP contribution in [0.4, 0.5) is 0 Å². The molecule has 0 saturated carbocycles. The number of hydrogen-bond acceptors (Lipinski definition) is 4. The molecule has 1 aliphatic heterocycles. The molecule has 1 heterocycles. The van der Waals surface area contributed by atoms with Gasteiger partial charge in [0.2, 0.25) is 5.91 Å². The quantitative estimate of drug-likeness (QED) is 0.638. The Balaban J connectivity index is 2.15. The molecule has 1 aliphatic rings. The topological polar surface area (TPSA) is 76.7 Å². The molecule has 0 aromatic heterocycles. The minimum absolute atomic E-state index is 0.0152.